The topological polar surface area (TPSA) is 74.2 Å². The summed E-state index contributed by atoms with van der Waals surface area (Å²) in [7, 11) is 3.26. The lowest BCUT2D eigenvalue weighted by Gasteiger charge is -2.26. The van der Waals surface area contributed by atoms with Crippen LogP contribution in [0.5, 0.6) is 5.75 Å². The minimum Gasteiger partial charge on any atom is -0.501 e. The summed E-state index contributed by atoms with van der Waals surface area (Å²) < 4.78 is 21.9. The Bertz CT molecular complexity index is 872. The van der Waals surface area contributed by atoms with Crippen molar-refractivity contribution in [1.29, 1.82) is 0 Å². The quantitative estimate of drug-likeness (QED) is 0.568. The molecule has 31 heavy (non-hydrogen) atoms. The second-order valence-electron chi connectivity index (χ2n) is 7.02. The van der Waals surface area contributed by atoms with Gasteiger partial charge in [-0.2, -0.15) is 0 Å². The van der Waals surface area contributed by atoms with Crippen LogP contribution in [-0.2, 0) is 19.0 Å². The molecule has 0 bridgehead atoms. The molecule has 0 saturated heterocycles. The van der Waals surface area contributed by atoms with E-state index in [0.29, 0.717) is 25.4 Å². The number of carbonyl (C=O) groups is 1. The minimum atomic E-state index is -0.964. The molecule has 0 radical (unpaired) electrons. The van der Waals surface area contributed by atoms with Crippen LogP contribution in [0.1, 0.15) is 31.7 Å². The summed E-state index contributed by atoms with van der Waals surface area (Å²) in [5.41, 5.74) is 0.192. The van der Waals surface area contributed by atoms with E-state index in [1.165, 1.54) is 0 Å². The number of benzene rings is 1. The molecule has 0 aliphatic heterocycles. The van der Waals surface area contributed by atoms with Gasteiger partial charge in [-0.25, -0.2) is 4.79 Å². The Balaban J connectivity index is 1.89. The van der Waals surface area contributed by atoms with Crippen LogP contribution in [0.25, 0.3) is 0 Å². The molecule has 166 valence electrons. The molecule has 0 fully saturated rings. The van der Waals surface area contributed by atoms with E-state index in [4.69, 9.17) is 18.9 Å². The van der Waals surface area contributed by atoms with Crippen molar-refractivity contribution in [2.45, 2.75) is 37.9 Å². The highest BCUT2D eigenvalue weighted by atomic mass is 16.5. The Morgan fingerprint density at radius 1 is 1.29 bits per heavy atom. The third kappa shape index (κ3) is 7.02. The fourth-order valence-electron chi connectivity index (χ4n) is 3.17. The van der Waals surface area contributed by atoms with E-state index in [2.05, 4.69) is 11.8 Å². The first kappa shape index (κ1) is 24.3. The van der Waals surface area contributed by atoms with Crippen molar-refractivity contribution in [3.8, 4) is 17.6 Å². The average molecular weight is 427 g/mol. The van der Waals surface area contributed by atoms with Crippen molar-refractivity contribution in [1.82, 2.24) is 0 Å². The van der Waals surface area contributed by atoms with Crippen molar-refractivity contribution in [2.24, 2.45) is 0 Å². The molecule has 0 spiro atoms. The predicted octanol–water partition coefficient (Wildman–Crippen LogP) is 4.09. The summed E-state index contributed by atoms with van der Waals surface area (Å²) in [5, 5.41) is 9.33. The highest BCUT2D eigenvalue weighted by molar-refractivity contribution is 5.73. The largest absolute Gasteiger partial charge is 0.501 e. The fourth-order valence-corrected chi connectivity index (χ4v) is 3.17. The monoisotopic (exact) mass is 426 g/mol. The van der Waals surface area contributed by atoms with Crippen molar-refractivity contribution in [3.05, 3.63) is 66.0 Å². The van der Waals surface area contributed by atoms with Crippen LogP contribution in [-0.4, -0.2) is 50.2 Å². The van der Waals surface area contributed by atoms with Crippen LogP contribution in [0, 0.1) is 11.8 Å². The Morgan fingerprint density at radius 3 is 2.65 bits per heavy atom. The van der Waals surface area contributed by atoms with Gasteiger partial charge in [-0.15, -0.1) is 0 Å². The van der Waals surface area contributed by atoms with Gasteiger partial charge in [-0.1, -0.05) is 37.0 Å². The van der Waals surface area contributed by atoms with Gasteiger partial charge in [0.15, 0.2) is 11.7 Å². The molecular formula is C25H30O6. The van der Waals surface area contributed by atoms with E-state index >= 15 is 0 Å². The molecule has 1 N–H and O–H groups in total. The van der Waals surface area contributed by atoms with E-state index in [0.717, 1.165) is 11.3 Å². The number of hydrogen-bond donors (Lipinski definition) is 1. The minimum absolute atomic E-state index is 0.267. The standard InChI is InChI=1S/C25H30O6/c1-5-30-23(24(26)27)19(2)20-11-13-21(14-12-20)31-17-8-6-7-15-25(29-4)16-9-10-22(18-25)28-3/h6,8-14,16,19,23H,5,17-18H2,1-4H3,(H,26,27)/t19?,23-,25?/m0/s1. The van der Waals surface area contributed by atoms with Gasteiger partial charge in [0, 0.05) is 26.1 Å². The second-order valence-corrected chi connectivity index (χ2v) is 7.02. The molecule has 3 atom stereocenters. The smallest absolute Gasteiger partial charge is 0.333 e. The lowest BCUT2D eigenvalue weighted by atomic mass is 9.94. The van der Waals surface area contributed by atoms with Crippen molar-refractivity contribution in [2.75, 3.05) is 27.4 Å². The molecule has 6 nitrogen and oxygen atoms in total. The van der Waals surface area contributed by atoms with Crippen LogP contribution < -0.4 is 4.74 Å². The number of ether oxygens (including phenoxy) is 4. The van der Waals surface area contributed by atoms with E-state index in [1.54, 1.807) is 27.2 Å². The zero-order valence-corrected chi connectivity index (χ0v) is 18.5. The Hall–Kier alpha value is -3.01. The van der Waals surface area contributed by atoms with Crippen LogP contribution in [0.3, 0.4) is 0 Å². The molecule has 1 aliphatic carbocycles. The van der Waals surface area contributed by atoms with Gasteiger partial charge in [0.2, 0.25) is 0 Å². The lowest BCUT2D eigenvalue weighted by molar-refractivity contribution is -0.151. The number of allylic oxidation sites excluding steroid dienone is 3. The predicted molar refractivity (Wildman–Crippen MR) is 119 cm³/mol. The third-order valence-electron chi connectivity index (χ3n) is 4.99. The third-order valence-corrected chi connectivity index (χ3v) is 4.99. The van der Waals surface area contributed by atoms with Crippen LogP contribution >= 0.6 is 0 Å². The van der Waals surface area contributed by atoms with Crippen molar-refractivity contribution in [3.63, 3.8) is 0 Å². The summed E-state index contributed by atoms with van der Waals surface area (Å²) in [5.74, 6) is 6.39. The maximum Gasteiger partial charge on any atom is 0.333 e. The summed E-state index contributed by atoms with van der Waals surface area (Å²) in [6, 6.07) is 7.36. The molecule has 1 aromatic rings. The Morgan fingerprint density at radius 2 is 2.03 bits per heavy atom. The first-order valence-corrected chi connectivity index (χ1v) is 10.2. The number of methoxy groups -OCH3 is 2. The zero-order valence-electron chi connectivity index (χ0n) is 18.5. The van der Waals surface area contributed by atoms with Gasteiger partial charge in [-0.3, -0.25) is 0 Å². The maximum atomic E-state index is 11.4. The molecule has 2 unspecified atom stereocenters. The van der Waals surface area contributed by atoms with Crippen LogP contribution in [0.15, 0.2) is 60.4 Å². The van der Waals surface area contributed by atoms with Gasteiger partial charge >= 0.3 is 5.97 Å². The Labute approximate surface area is 184 Å². The maximum absolute atomic E-state index is 11.4. The highest BCUT2D eigenvalue weighted by Crippen LogP contribution is 2.26. The number of carboxylic acid groups (broad SMARTS) is 1. The molecule has 2 rings (SSSR count). The van der Waals surface area contributed by atoms with Crippen LogP contribution in [0.4, 0.5) is 0 Å². The van der Waals surface area contributed by atoms with Crippen LogP contribution in [0.2, 0.25) is 0 Å². The fraction of sp³-hybridized carbons (Fsp3) is 0.400. The van der Waals surface area contributed by atoms with Gasteiger partial charge < -0.3 is 24.1 Å². The average Bonchev–Trinajstić information content (AvgIpc) is 2.79. The number of carboxylic acids is 1. The van der Waals surface area contributed by atoms with Gasteiger partial charge in [0.05, 0.1) is 12.9 Å². The zero-order chi connectivity index (χ0) is 22.7. The summed E-state index contributed by atoms with van der Waals surface area (Å²) >= 11 is 0. The van der Waals surface area contributed by atoms with E-state index in [-0.39, 0.29) is 5.92 Å². The second kappa shape index (κ2) is 12.0. The molecule has 0 heterocycles. The molecule has 0 saturated carbocycles. The first-order valence-electron chi connectivity index (χ1n) is 10.2. The lowest BCUT2D eigenvalue weighted by Crippen LogP contribution is -2.29. The summed E-state index contributed by atoms with van der Waals surface area (Å²) in [6.45, 7) is 4.33. The summed E-state index contributed by atoms with van der Waals surface area (Å²) in [6.07, 6.45) is 8.93. The van der Waals surface area contributed by atoms with Crippen molar-refractivity contribution < 1.29 is 28.8 Å². The van der Waals surface area contributed by atoms with Gasteiger partial charge in [-0.05, 0) is 48.9 Å². The molecule has 1 aliphatic rings. The SMILES string of the molecule is CCO[C@H](C(=O)O)C(C)c1ccc(OCC=CC#CC2(OC)C=CC=C(OC)C2)cc1. The molecule has 0 amide bonds. The molecule has 6 heteroatoms. The summed E-state index contributed by atoms with van der Waals surface area (Å²) in [4.78, 5) is 11.4. The van der Waals surface area contributed by atoms with Gasteiger partial charge in [0.1, 0.15) is 12.4 Å². The molecule has 0 aromatic heterocycles. The molecule has 1 aromatic carbocycles. The Kier molecular flexibility index (Phi) is 9.39. The molecular weight excluding hydrogens is 396 g/mol. The van der Waals surface area contributed by atoms with Crippen molar-refractivity contribution >= 4 is 5.97 Å². The number of rotatable bonds is 10. The van der Waals surface area contributed by atoms with E-state index in [1.807, 2.05) is 55.5 Å². The first-order chi connectivity index (χ1) is 14.9. The van der Waals surface area contributed by atoms with E-state index < -0.39 is 17.7 Å². The number of hydrogen-bond acceptors (Lipinski definition) is 5. The van der Waals surface area contributed by atoms with E-state index in [9.17, 15) is 9.90 Å². The highest BCUT2D eigenvalue weighted by Gasteiger charge is 2.28. The number of aliphatic carboxylic acids is 1. The van der Waals surface area contributed by atoms with Gasteiger partial charge in [0.25, 0.3) is 0 Å². The normalized spacial score (nSPS) is 19.8.